The molecule has 0 aliphatic carbocycles. The molecule has 130 valence electrons. The van der Waals surface area contributed by atoms with E-state index in [1.54, 1.807) is 0 Å². The molecule has 2 aromatic carbocycles. The van der Waals surface area contributed by atoms with Crippen LogP contribution in [-0.4, -0.2) is 20.6 Å². The van der Waals surface area contributed by atoms with Crippen LogP contribution in [0.15, 0.2) is 36.4 Å². The Kier molecular flexibility index (Phi) is 4.58. The third-order valence-electron chi connectivity index (χ3n) is 3.27. The molecule has 0 aliphatic rings. The highest BCUT2D eigenvalue weighted by molar-refractivity contribution is 6.32. The molecule has 0 spiro atoms. The smallest absolute Gasteiger partial charge is 0.416 e. The maximum atomic E-state index is 13.8. The topological polar surface area (TPSA) is 63.7 Å². The number of nitrogens with zero attached hydrogens (tertiary/aromatic N) is 3. The zero-order valence-electron chi connectivity index (χ0n) is 12.3. The second-order valence-corrected chi connectivity index (χ2v) is 5.39. The minimum atomic E-state index is -4.49. The summed E-state index contributed by atoms with van der Waals surface area (Å²) < 4.78 is 57.1. The summed E-state index contributed by atoms with van der Waals surface area (Å²) in [5.41, 5.74) is -0.198. The third kappa shape index (κ3) is 3.87. The van der Waals surface area contributed by atoms with E-state index in [0.717, 1.165) is 18.2 Å². The van der Waals surface area contributed by atoms with E-state index in [-0.39, 0.29) is 28.8 Å². The number of aromatic nitrogens is 4. The van der Waals surface area contributed by atoms with Gasteiger partial charge < -0.3 is 4.74 Å². The molecule has 1 aromatic heterocycles. The number of ether oxygens (including phenoxy) is 1. The monoisotopic (exact) mass is 372 g/mol. The van der Waals surface area contributed by atoms with Crippen LogP contribution in [0.5, 0.6) is 5.75 Å². The van der Waals surface area contributed by atoms with Crippen LogP contribution in [0.4, 0.5) is 17.6 Å². The van der Waals surface area contributed by atoms with Gasteiger partial charge in [-0.1, -0.05) is 17.7 Å². The third-order valence-corrected chi connectivity index (χ3v) is 3.57. The molecule has 25 heavy (non-hydrogen) atoms. The molecule has 1 heterocycles. The van der Waals surface area contributed by atoms with E-state index >= 15 is 0 Å². The summed E-state index contributed by atoms with van der Waals surface area (Å²) in [6.45, 7) is -0.0315. The lowest BCUT2D eigenvalue weighted by molar-refractivity contribution is -0.137. The van der Waals surface area contributed by atoms with E-state index in [1.807, 2.05) is 0 Å². The number of hydrogen-bond donors (Lipinski definition) is 1. The number of alkyl halides is 3. The van der Waals surface area contributed by atoms with Gasteiger partial charge in [0, 0.05) is 0 Å². The molecule has 1 N–H and O–H groups in total. The highest BCUT2D eigenvalue weighted by Gasteiger charge is 2.31. The zero-order valence-corrected chi connectivity index (χ0v) is 13.1. The summed E-state index contributed by atoms with van der Waals surface area (Å²) in [4.78, 5) is 0. The van der Waals surface area contributed by atoms with Crippen LogP contribution < -0.4 is 4.74 Å². The lowest BCUT2D eigenvalue weighted by atomic mass is 10.1. The summed E-state index contributed by atoms with van der Waals surface area (Å²) in [5.74, 6) is -0.385. The number of rotatable bonds is 4. The van der Waals surface area contributed by atoms with E-state index in [2.05, 4.69) is 20.6 Å². The quantitative estimate of drug-likeness (QED) is 0.695. The fourth-order valence-electron chi connectivity index (χ4n) is 2.06. The Hall–Kier alpha value is -2.68. The van der Waals surface area contributed by atoms with Crippen molar-refractivity contribution < 1.29 is 22.3 Å². The summed E-state index contributed by atoms with van der Waals surface area (Å²) in [5, 5.41) is 12.8. The molecular weight excluding hydrogens is 364 g/mol. The van der Waals surface area contributed by atoms with Crippen LogP contribution in [0.2, 0.25) is 5.02 Å². The van der Waals surface area contributed by atoms with Crippen LogP contribution in [0.3, 0.4) is 0 Å². The summed E-state index contributed by atoms with van der Waals surface area (Å²) in [7, 11) is 0. The summed E-state index contributed by atoms with van der Waals surface area (Å²) in [6, 6.07) is 6.92. The normalized spacial score (nSPS) is 11.6. The van der Waals surface area contributed by atoms with Crippen LogP contribution in [0, 0.1) is 5.82 Å². The Balaban J connectivity index is 1.77. The van der Waals surface area contributed by atoms with Crippen molar-refractivity contribution in [2.24, 2.45) is 0 Å². The molecule has 0 bridgehead atoms. The van der Waals surface area contributed by atoms with Gasteiger partial charge in [0.15, 0.2) is 0 Å². The van der Waals surface area contributed by atoms with Gasteiger partial charge in [0.2, 0.25) is 5.82 Å². The molecule has 0 saturated heterocycles. The second kappa shape index (κ2) is 6.67. The van der Waals surface area contributed by atoms with Crippen molar-refractivity contribution >= 4 is 11.6 Å². The average Bonchev–Trinajstić information content (AvgIpc) is 3.08. The lowest BCUT2D eigenvalue weighted by Crippen LogP contribution is -2.05. The number of nitrogens with one attached hydrogen (secondary N) is 1. The fraction of sp³-hybridized carbons (Fsp3) is 0.133. The van der Waals surface area contributed by atoms with Crippen molar-refractivity contribution in [1.82, 2.24) is 20.6 Å². The van der Waals surface area contributed by atoms with Crippen molar-refractivity contribution in [3.05, 3.63) is 58.4 Å². The van der Waals surface area contributed by atoms with Crippen LogP contribution in [0.25, 0.3) is 11.4 Å². The first-order valence-corrected chi connectivity index (χ1v) is 7.24. The van der Waals surface area contributed by atoms with Gasteiger partial charge in [0.25, 0.3) is 0 Å². The number of benzene rings is 2. The van der Waals surface area contributed by atoms with Crippen LogP contribution >= 0.6 is 11.6 Å². The molecule has 0 fully saturated rings. The molecule has 0 aliphatic heterocycles. The van der Waals surface area contributed by atoms with E-state index < -0.39 is 17.6 Å². The maximum absolute atomic E-state index is 13.8. The van der Waals surface area contributed by atoms with Crippen molar-refractivity contribution in [2.45, 2.75) is 12.8 Å². The summed E-state index contributed by atoms with van der Waals surface area (Å²) in [6.07, 6.45) is -4.49. The van der Waals surface area contributed by atoms with Gasteiger partial charge in [0.05, 0.1) is 16.1 Å². The molecule has 3 rings (SSSR count). The van der Waals surface area contributed by atoms with Gasteiger partial charge >= 0.3 is 6.18 Å². The largest absolute Gasteiger partial charge is 0.487 e. The molecule has 0 amide bonds. The number of tetrazole rings is 1. The fourth-order valence-corrected chi connectivity index (χ4v) is 2.30. The van der Waals surface area contributed by atoms with Crippen molar-refractivity contribution in [3.8, 4) is 17.1 Å². The van der Waals surface area contributed by atoms with Gasteiger partial charge in [-0.05, 0) is 41.1 Å². The van der Waals surface area contributed by atoms with Gasteiger partial charge in [-0.25, -0.2) is 4.39 Å². The molecule has 5 nitrogen and oxygen atoms in total. The van der Waals surface area contributed by atoms with Gasteiger partial charge in [-0.3, -0.25) is 0 Å². The first kappa shape index (κ1) is 17.2. The first-order valence-electron chi connectivity index (χ1n) is 6.86. The molecule has 0 saturated carbocycles. The zero-order chi connectivity index (χ0) is 18.0. The molecular formula is C15H9ClF4N4O. The first-order chi connectivity index (χ1) is 11.8. The predicted octanol–water partition coefficient (Wildman–Crippen LogP) is 4.26. The number of aromatic amines is 1. The molecule has 0 unspecified atom stereocenters. The molecule has 3 aromatic rings. The highest BCUT2D eigenvalue weighted by atomic mass is 35.5. The van der Waals surface area contributed by atoms with Crippen LogP contribution in [-0.2, 0) is 12.8 Å². The van der Waals surface area contributed by atoms with E-state index in [4.69, 9.17) is 16.3 Å². The van der Waals surface area contributed by atoms with Gasteiger partial charge in [-0.15, -0.1) is 10.2 Å². The number of H-pyrrole nitrogens is 1. The number of hydrogen-bond acceptors (Lipinski definition) is 4. The Labute approximate surface area is 143 Å². The molecule has 10 heteroatoms. The van der Waals surface area contributed by atoms with Crippen LogP contribution in [0.1, 0.15) is 11.1 Å². The predicted molar refractivity (Wildman–Crippen MR) is 80.4 cm³/mol. The van der Waals surface area contributed by atoms with E-state index in [1.165, 1.54) is 18.2 Å². The lowest BCUT2D eigenvalue weighted by Gasteiger charge is -2.12. The molecule has 0 atom stereocenters. The SMILES string of the molecule is Fc1ccc(COc2ccc(C(F)(F)F)cc2Cl)cc1-c1nn[nH]n1. The highest BCUT2D eigenvalue weighted by Crippen LogP contribution is 2.35. The minimum absolute atomic E-state index is 0.0315. The summed E-state index contributed by atoms with van der Waals surface area (Å²) >= 11 is 5.82. The van der Waals surface area contributed by atoms with Gasteiger partial charge in [-0.2, -0.15) is 18.4 Å². The Morgan fingerprint density at radius 3 is 2.56 bits per heavy atom. The minimum Gasteiger partial charge on any atom is -0.487 e. The Morgan fingerprint density at radius 2 is 1.92 bits per heavy atom. The average molecular weight is 373 g/mol. The maximum Gasteiger partial charge on any atom is 0.416 e. The van der Waals surface area contributed by atoms with E-state index in [0.29, 0.717) is 5.56 Å². The van der Waals surface area contributed by atoms with Crippen molar-refractivity contribution in [3.63, 3.8) is 0 Å². The Bertz CT molecular complexity index is 884. The number of halogens is 5. The van der Waals surface area contributed by atoms with Crippen molar-refractivity contribution in [2.75, 3.05) is 0 Å². The standard InChI is InChI=1S/C15H9ClF4N4O/c16-11-6-9(15(18,19)20)2-4-13(11)25-7-8-1-3-12(17)10(5-8)14-21-23-24-22-14/h1-6H,7H2,(H,21,22,23,24). The molecule has 0 radical (unpaired) electrons. The van der Waals surface area contributed by atoms with Crippen molar-refractivity contribution in [1.29, 1.82) is 0 Å². The second-order valence-electron chi connectivity index (χ2n) is 4.98. The van der Waals surface area contributed by atoms with Gasteiger partial charge in [0.1, 0.15) is 18.2 Å². The van der Waals surface area contributed by atoms with E-state index in [9.17, 15) is 17.6 Å². The Morgan fingerprint density at radius 1 is 1.12 bits per heavy atom.